The van der Waals surface area contributed by atoms with Crippen LogP contribution in [-0.2, 0) is 6.42 Å². The first-order valence-corrected chi connectivity index (χ1v) is 7.33. The van der Waals surface area contributed by atoms with E-state index in [1.165, 1.54) is 18.4 Å². The minimum Gasteiger partial charge on any atom is -0.339 e. The van der Waals surface area contributed by atoms with Gasteiger partial charge in [0.25, 0.3) is 0 Å². The van der Waals surface area contributed by atoms with E-state index in [0.717, 1.165) is 36.8 Å². The quantitative estimate of drug-likeness (QED) is 0.925. The van der Waals surface area contributed by atoms with Crippen LogP contribution in [0.2, 0.25) is 0 Å². The third kappa shape index (κ3) is 2.47. The van der Waals surface area contributed by atoms with E-state index >= 15 is 0 Å². The molecule has 1 N–H and O–H groups in total. The Bertz CT molecular complexity index is 514. The van der Waals surface area contributed by atoms with E-state index in [-0.39, 0.29) is 0 Å². The molecule has 4 nitrogen and oxygen atoms in total. The molecule has 1 fully saturated rings. The second-order valence-electron chi connectivity index (χ2n) is 4.88. The Morgan fingerprint density at radius 3 is 2.94 bits per heavy atom. The Kier molecular flexibility index (Phi) is 3.43. The van der Waals surface area contributed by atoms with E-state index in [0.29, 0.717) is 5.92 Å². The molecule has 0 aliphatic carbocycles. The number of aryl methyl sites for hydroxylation is 1. The third-order valence-corrected chi connectivity index (χ3v) is 4.35. The minimum atomic E-state index is 0.683. The first-order chi connectivity index (χ1) is 8.83. The fourth-order valence-corrected chi connectivity index (χ4v) is 3.20. The Morgan fingerprint density at radius 1 is 1.39 bits per heavy atom. The van der Waals surface area contributed by atoms with Crippen LogP contribution in [0.5, 0.6) is 0 Å². The molecule has 2 aromatic rings. The van der Waals surface area contributed by atoms with Crippen LogP contribution in [0.15, 0.2) is 15.3 Å². The number of rotatable bonds is 3. The zero-order chi connectivity index (χ0) is 12.4. The largest absolute Gasteiger partial charge is 0.339 e. The molecule has 3 rings (SSSR count). The van der Waals surface area contributed by atoms with Crippen molar-refractivity contribution in [2.75, 3.05) is 13.1 Å². The van der Waals surface area contributed by atoms with Crippen molar-refractivity contribution >= 4 is 11.3 Å². The van der Waals surface area contributed by atoms with Crippen molar-refractivity contribution in [2.45, 2.75) is 26.2 Å². The van der Waals surface area contributed by atoms with E-state index < -0.39 is 0 Å². The van der Waals surface area contributed by atoms with E-state index in [2.05, 4.69) is 33.1 Å². The predicted octanol–water partition coefficient (Wildman–Crippen LogP) is 2.65. The maximum Gasteiger partial charge on any atom is 0.227 e. The zero-order valence-electron chi connectivity index (χ0n) is 10.5. The van der Waals surface area contributed by atoms with E-state index in [4.69, 9.17) is 4.52 Å². The van der Waals surface area contributed by atoms with Crippen LogP contribution in [0.1, 0.15) is 24.3 Å². The first-order valence-electron chi connectivity index (χ1n) is 6.39. The van der Waals surface area contributed by atoms with Crippen molar-refractivity contribution in [3.05, 3.63) is 22.2 Å². The van der Waals surface area contributed by atoms with Gasteiger partial charge < -0.3 is 9.84 Å². The topological polar surface area (TPSA) is 51.0 Å². The van der Waals surface area contributed by atoms with Crippen molar-refractivity contribution in [3.63, 3.8) is 0 Å². The molecule has 0 unspecified atom stereocenters. The summed E-state index contributed by atoms with van der Waals surface area (Å²) in [5.74, 6) is 2.20. The van der Waals surface area contributed by atoms with Gasteiger partial charge in [0.15, 0.2) is 0 Å². The number of nitrogens with one attached hydrogen (secondary N) is 1. The lowest BCUT2D eigenvalue weighted by Crippen LogP contribution is -2.28. The van der Waals surface area contributed by atoms with Crippen molar-refractivity contribution in [1.82, 2.24) is 15.5 Å². The first kappa shape index (κ1) is 11.9. The molecule has 5 heteroatoms. The highest BCUT2D eigenvalue weighted by Gasteiger charge is 2.18. The summed E-state index contributed by atoms with van der Waals surface area (Å²) >= 11 is 1.68. The Hall–Kier alpha value is -1.20. The lowest BCUT2D eigenvalue weighted by molar-refractivity contribution is 0.313. The average molecular weight is 263 g/mol. The number of aromatic nitrogens is 2. The summed E-state index contributed by atoms with van der Waals surface area (Å²) in [5.41, 5.74) is 2.31. The maximum atomic E-state index is 5.37. The molecule has 2 aromatic heterocycles. The lowest BCUT2D eigenvalue weighted by atomic mass is 9.95. The van der Waals surface area contributed by atoms with Crippen LogP contribution in [0, 0.1) is 12.8 Å². The molecule has 1 aliphatic rings. The highest BCUT2D eigenvalue weighted by atomic mass is 32.1. The smallest absolute Gasteiger partial charge is 0.227 e. The van der Waals surface area contributed by atoms with Crippen LogP contribution in [0.25, 0.3) is 11.4 Å². The Balaban J connectivity index is 1.71. The SMILES string of the molecule is Cc1cscc1-c1noc(CC2CCNCC2)n1. The maximum absolute atomic E-state index is 5.37. The average Bonchev–Trinajstić information content (AvgIpc) is 2.99. The second-order valence-corrected chi connectivity index (χ2v) is 5.62. The molecule has 96 valence electrons. The van der Waals surface area contributed by atoms with Gasteiger partial charge in [-0.1, -0.05) is 5.16 Å². The monoisotopic (exact) mass is 263 g/mol. The van der Waals surface area contributed by atoms with Gasteiger partial charge in [0.05, 0.1) is 0 Å². The molecule has 0 bridgehead atoms. The molecule has 0 aromatic carbocycles. The van der Waals surface area contributed by atoms with Crippen LogP contribution >= 0.6 is 11.3 Å². The summed E-state index contributed by atoms with van der Waals surface area (Å²) in [5, 5.41) is 11.6. The summed E-state index contributed by atoms with van der Waals surface area (Å²) in [4.78, 5) is 4.52. The summed E-state index contributed by atoms with van der Waals surface area (Å²) < 4.78 is 5.37. The third-order valence-electron chi connectivity index (χ3n) is 3.49. The van der Waals surface area contributed by atoms with Crippen molar-refractivity contribution in [2.24, 2.45) is 5.92 Å². The minimum absolute atomic E-state index is 0.683. The van der Waals surface area contributed by atoms with E-state index in [9.17, 15) is 0 Å². The molecule has 3 heterocycles. The van der Waals surface area contributed by atoms with Gasteiger partial charge >= 0.3 is 0 Å². The number of piperidine rings is 1. The highest BCUT2D eigenvalue weighted by Crippen LogP contribution is 2.25. The molecule has 18 heavy (non-hydrogen) atoms. The van der Waals surface area contributed by atoms with Gasteiger partial charge in [-0.2, -0.15) is 16.3 Å². The van der Waals surface area contributed by atoms with Gasteiger partial charge in [0.1, 0.15) is 0 Å². The molecule has 1 aliphatic heterocycles. The molecular formula is C13H17N3OS. The predicted molar refractivity (Wildman–Crippen MR) is 71.6 cm³/mol. The highest BCUT2D eigenvalue weighted by molar-refractivity contribution is 7.08. The standard InChI is InChI=1S/C13H17N3OS/c1-9-7-18-8-11(9)13-15-12(17-16-13)6-10-2-4-14-5-3-10/h7-8,10,14H,2-6H2,1H3. The zero-order valence-corrected chi connectivity index (χ0v) is 11.3. The van der Waals surface area contributed by atoms with Gasteiger partial charge in [-0.3, -0.25) is 0 Å². The van der Waals surface area contributed by atoms with Gasteiger partial charge in [0, 0.05) is 17.4 Å². The molecular weight excluding hydrogens is 246 g/mol. The van der Waals surface area contributed by atoms with Gasteiger partial charge in [-0.25, -0.2) is 0 Å². The van der Waals surface area contributed by atoms with Crippen LogP contribution < -0.4 is 5.32 Å². The summed E-state index contributed by atoms with van der Waals surface area (Å²) in [6.45, 7) is 4.29. The summed E-state index contributed by atoms with van der Waals surface area (Å²) in [7, 11) is 0. The van der Waals surface area contributed by atoms with Gasteiger partial charge in [-0.15, -0.1) is 0 Å². The molecule has 0 radical (unpaired) electrons. The van der Waals surface area contributed by atoms with Crippen LogP contribution in [-0.4, -0.2) is 23.2 Å². The molecule has 0 saturated carbocycles. The summed E-state index contributed by atoms with van der Waals surface area (Å²) in [6.07, 6.45) is 3.32. The van der Waals surface area contributed by atoms with Gasteiger partial charge in [-0.05, 0) is 49.7 Å². The van der Waals surface area contributed by atoms with E-state index in [1.807, 2.05) is 0 Å². The van der Waals surface area contributed by atoms with E-state index in [1.54, 1.807) is 11.3 Å². The Morgan fingerprint density at radius 2 is 2.22 bits per heavy atom. The molecule has 0 amide bonds. The second kappa shape index (κ2) is 5.20. The van der Waals surface area contributed by atoms with Gasteiger partial charge in [0.2, 0.25) is 11.7 Å². The lowest BCUT2D eigenvalue weighted by Gasteiger charge is -2.20. The number of thiophene rings is 1. The van der Waals surface area contributed by atoms with Crippen molar-refractivity contribution in [3.8, 4) is 11.4 Å². The van der Waals surface area contributed by atoms with Crippen molar-refractivity contribution in [1.29, 1.82) is 0 Å². The molecule has 0 spiro atoms. The fraction of sp³-hybridized carbons (Fsp3) is 0.538. The summed E-state index contributed by atoms with van der Waals surface area (Å²) in [6, 6.07) is 0. The normalized spacial score (nSPS) is 17.2. The number of hydrogen-bond donors (Lipinski definition) is 1. The Labute approximate surface area is 110 Å². The van der Waals surface area contributed by atoms with Crippen LogP contribution in [0.4, 0.5) is 0 Å². The van der Waals surface area contributed by atoms with Crippen LogP contribution in [0.3, 0.4) is 0 Å². The fourth-order valence-electron chi connectivity index (χ4n) is 2.37. The van der Waals surface area contributed by atoms with Crippen molar-refractivity contribution < 1.29 is 4.52 Å². The molecule has 1 saturated heterocycles. The molecule has 0 atom stereocenters. The number of hydrogen-bond acceptors (Lipinski definition) is 5. The number of nitrogens with zero attached hydrogens (tertiary/aromatic N) is 2.